The standard InChI is InChI=1S/C29H33N3O/c33-29(30-26-15-13-24(14-16-26)23-7-2-1-3-8-23)17-18-31-19-21-32(22-20-31)28-12-6-10-25-9-4-5-11-27(25)28/h1-5,7-9,11,13-16,28H,6,10,12,17-22H2,(H,30,33). The van der Waals surface area contributed by atoms with E-state index >= 15 is 0 Å². The fourth-order valence-electron chi connectivity index (χ4n) is 5.27. The molecule has 0 spiro atoms. The molecule has 3 aromatic rings. The van der Waals surface area contributed by atoms with Crippen LogP contribution in [0.4, 0.5) is 5.69 Å². The summed E-state index contributed by atoms with van der Waals surface area (Å²) in [5.41, 5.74) is 6.28. The molecule has 1 fully saturated rings. The van der Waals surface area contributed by atoms with E-state index in [0.717, 1.165) is 44.0 Å². The molecule has 1 heterocycles. The van der Waals surface area contributed by atoms with E-state index in [4.69, 9.17) is 0 Å². The Hall–Kier alpha value is -2.95. The fraction of sp³-hybridized carbons (Fsp3) is 0.345. The number of hydrogen-bond donors (Lipinski definition) is 1. The van der Waals surface area contributed by atoms with Crippen molar-refractivity contribution in [3.8, 4) is 11.1 Å². The SMILES string of the molecule is O=C(CCN1CCN(C2CCCc3ccccc32)CC1)Nc1ccc(-c2ccccc2)cc1. The van der Waals surface area contributed by atoms with Crippen LogP contribution in [-0.2, 0) is 11.2 Å². The van der Waals surface area contributed by atoms with Crippen LogP contribution in [0.5, 0.6) is 0 Å². The molecule has 1 saturated heterocycles. The predicted octanol–water partition coefficient (Wildman–Crippen LogP) is 5.38. The molecule has 1 atom stereocenters. The molecule has 1 aliphatic heterocycles. The van der Waals surface area contributed by atoms with Crippen LogP contribution in [0.1, 0.15) is 36.4 Å². The summed E-state index contributed by atoms with van der Waals surface area (Å²) < 4.78 is 0. The summed E-state index contributed by atoms with van der Waals surface area (Å²) in [4.78, 5) is 17.6. The van der Waals surface area contributed by atoms with Gasteiger partial charge in [-0.3, -0.25) is 9.69 Å². The zero-order valence-corrected chi connectivity index (χ0v) is 19.2. The van der Waals surface area contributed by atoms with Crippen LogP contribution in [-0.4, -0.2) is 48.4 Å². The van der Waals surface area contributed by atoms with Gasteiger partial charge in [-0.1, -0.05) is 66.7 Å². The third-order valence-corrected chi connectivity index (χ3v) is 7.12. The van der Waals surface area contributed by atoms with Crippen LogP contribution < -0.4 is 5.32 Å². The minimum atomic E-state index is 0.0890. The molecule has 3 aromatic carbocycles. The highest BCUT2D eigenvalue weighted by Crippen LogP contribution is 2.34. The van der Waals surface area contributed by atoms with Crippen LogP contribution in [0.2, 0.25) is 0 Å². The monoisotopic (exact) mass is 439 g/mol. The Morgan fingerprint density at radius 2 is 1.52 bits per heavy atom. The Balaban J connectivity index is 1.08. The third kappa shape index (κ3) is 5.35. The lowest BCUT2D eigenvalue weighted by atomic mass is 9.86. The topological polar surface area (TPSA) is 35.6 Å². The van der Waals surface area contributed by atoms with Crippen molar-refractivity contribution >= 4 is 11.6 Å². The molecule has 5 rings (SSSR count). The van der Waals surface area contributed by atoms with Crippen molar-refractivity contribution in [2.75, 3.05) is 38.0 Å². The quantitative estimate of drug-likeness (QED) is 0.560. The number of rotatable bonds is 6. The molecule has 1 amide bonds. The van der Waals surface area contributed by atoms with Gasteiger partial charge in [0.25, 0.3) is 0 Å². The normalized spacial score (nSPS) is 19.1. The van der Waals surface area contributed by atoms with Crippen molar-refractivity contribution in [2.45, 2.75) is 31.7 Å². The second-order valence-corrected chi connectivity index (χ2v) is 9.23. The minimum absolute atomic E-state index is 0.0890. The van der Waals surface area contributed by atoms with Gasteiger partial charge in [0.1, 0.15) is 0 Å². The van der Waals surface area contributed by atoms with Crippen LogP contribution in [0.25, 0.3) is 11.1 Å². The molecule has 170 valence electrons. The Morgan fingerprint density at radius 3 is 2.30 bits per heavy atom. The van der Waals surface area contributed by atoms with Crippen LogP contribution >= 0.6 is 0 Å². The van der Waals surface area contributed by atoms with Gasteiger partial charge >= 0.3 is 0 Å². The van der Waals surface area contributed by atoms with E-state index in [1.165, 1.54) is 36.0 Å². The lowest BCUT2D eigenvalue weighted by Crippen LogP contribution is -2.48. The Kier molecular flexibility index (Phi) is 6.84. The number of carbonyl (C=O) groups is 1. The molecule has 0 saturated carbocycles. The van der Waals surface area contributed by atoms with Crippen molar-refractivity contribution < 1.29 is 4.79 Å². The zero-order valence-electron chi connectivity index (χ0n) is 19.2. The minimum Gasteiger partial charge on any atom is -0.326 e. The average Bonchev–Trinajstić information content (AvgIpc) is 2.88. The van der Waals surface area contributed by atoms with E-state index in [-0.39, 0.29) is 5.91 Å². The summed E-state index contributed by atoms with van der Waals surface area (Å²) in [5.74, 6) is 0.0890. The first-order chi connectivity index (χ1) is 16.3. The third-order valence-electron chi connectivity index (χ3n) is 7.12. The first kappa shape index (κ1) is 21.9. The van der Waals surface area contributed by atoms with Gasteiger partial charge in [-0.05, 0) is 53.6 Å². The maximum atomic E-state index is 12.5. The van der Waals surface area contributed by atoms with E-state index in [1.54, 1.807) is 0 Å². The van der Waals surface area contributed by atoms with Crippen molar-refractivity contribution in [1.29, 1.82) is 0 Å². The zero-order chi connectivity index (χ0) is 22.5. The van der Waals surface area contributed by atoms with Gasteiger partial charge in [0.05, 0.1) is 0 Å². The first-order valence-electron chi connectivity index (χ1n) is 12.3. The van der Waals surface area contributed by atoms with Crippen molar-refractivity contribution in [3.63, 3.8) is 0 Å². The lowest BCUT2D eigenvalue weighted by molar-refractivity contribution is -0.116. The van der Waals surface area contributed by atoms with Gasteiger partial charge in [-0.2, -0.15) is 0 Å². The van der Waals surface area contributed by atoms with Gasteiger partial charge in [0.2, 0.25) is 5.91 Å². The van der Waals surface area contributed by atoms with Crippen LogP contribution in [0.15, 0.2) is 78.9 Å². The van der Waals surface area contributed by atoms with Crippen molar-refractivity contribution in [3.05, 3.63) is 90.0 Å². The smallest absolute Gasteiger partial charge is 0.225 e. The highest BCUT2D eigenvalue weighted by atomic mass is 16.1. The summed E-state index contributed by atoms with van der Waals surface area (Å²) in [6.07, 6.45) is 4.31. The van der Waals surface area contributed by atoms with Crippen molar-refractivity contribution in [1.82, 2.24) is 9.80 Å². The van der Waals surface area contributed by atoms with E-state index < -0.39 is 0 Å². The van der Waals surface area contributed by atoms with E-state index in [9.17, 15) is 4.79 Å². The molecule has 2 aliphatic rings. The summed E-state index contributed by atoms with van der Waals surface area (Å²) in [6.45, 7) is 5.07. The first-order valence-corrected chi connectivity index (χ1v) is 12.3. The molecule has 33 heavy (non-hydrogen) atoms. The Bertz CT molecular complexity index is 1060. The van der Waals surface area contributed by atoms with E-state index in [2.05, 4.69) is 63.6 Å². The molecule has 0 bridgehead atoms. The molecule has 1 aliphatic carbocycles. The number of amides is 1. The molecule has 0 radical (unpaired) electrons. The number of anilines is 1. The number of hydrogen-bond acceptors (Lipinski definition) is 3. The highest BCUT2D eigenvalue weighted by molar-refractivity contribution is 5.91. The van der Waals surface area contributed by atoms with Gasteiger partial charge < -0.3 is 10.2 Å². The number of fused-ring (bicyclic) bond motifs is 1. The van der Waals surface area contributed by atoms with E-state index in [1.807, 2.05) is 30.3 Å². The van der Waals surface area contributed by atoms with E-state index in [0.29, 0.717) is 12.5 Å². The number of carbonyl (C=O) groups excluding carboxylic acids is 1. The molecule has 0 aromatic heterocycles. The summed E-state index contributed by atoms with van der Waals surface area (Å²) >= 11 is 0. The summed E-state index contributed by atoms with van der Waals surface area (Å²) in [6, 6.07) is 27.9. The van der Waals surface area contributed by atoms with Gasteiger partial charge in [-0.15, -0.1) is 0 Å². The summed E-state index contributed by atoms with van der Waals surface area (Å²) in [7, 11) is 0. The molecular formula is C29H33N3O. The van der Waals surface area contributed by atoms with Crippen LogP contribution in [0.3, 0.4) is 0 Å². The predicted molar refractivity (Wildman–Crippen MR) is 135 cm³/mol. The molecule has 1 unspecified atom stereocenters. The van der Waals surface area contributed by atoms with Gasteiger partial charge in [-0.25, -0.2) is 0 Å². The van der Waals surface area contributed by atoms with Crippen LogP contribution in [0, 0.1) is 0 Å². The maximum absolute atomic E-state index is 12.5. The Labute approximate surface area is 197 Å². The molecule has 4 heteroatoms. The number of benzene rings is 3. The van der Waals surface area contributed by atoms with Crippen molar-refractivity contribution in [2.24, 2.45) is 0 Å². The fourth-order valence-corrected chi connectivity index (χ4v) is 5.27. The largest absolute Gasteiger partial charge is 0.326 e. The number of nitrogens with zero attached hydrogens (tertiary/aromatic N) is 2. The number of nitrogens with one attached hydrogen (secondary N) is 1. The average molecular weight is 440 g/mol. The number of aryl methyl sites for hydroxylation is 1. The summed E-state index contributed by atoms with van der Waals surface area (Å²) in [5, 5.41) is 3.06. The highest BCUT2D eigenvalue weighted by Gasteiger charge is 2.28. The van der Waals surface area contributed by atoms with Gasteiger partial charge in [0.15, 0.2) is 0 Å². The maximum Gasteiger partial charge on any atom is 0.225 e. The molecular weight excluding hydrogens is 406 g/mol. The van der Waals surface area contributed by atoms with Gasteiger partial charge in [0, 0.05) is 50.9 Å². The lowest BCUT2D eigenvalue weighted by Gasteiger charge is -2.41. The second kappa shape index (κ2) is 10.3. The number of piperazine rings is 1. The second-order valence-electron chi connectivity index (χ2n) is 9.23. The Morgan fingerprint density at radius 1 is 0.818 bits per heavy atom. The molecule has 1 N–H and O–H groups in total. The molecule has 4 nitrogen and oxygen atoms in total.